The average molecular weight is 351 g/mol. The van der Waals surface area contributed by atoms with Crippen LogP contribution in [0.1, 0.15) is 25.8 Å². The molecule has 5 nitrogen and oxygen atoms in total. The van der Waals surface area contributed by atoms with Gasteiger partial charge in [-0.05, 0) is 39.3 Å². The Balaban J connectivity index is 3.04. The summed E-state index contributed by atoms with van der Waals surface area (Å²) in [5.41, 5.74) is 1.00. The van der Waals surface area contributed by atoms with Gasteiger partial charge in [-0.25, -0.2) is 13.2 Å². The first-order valence-corrected chi connectivity index (χ1v) is 9.21. The number of benzene rings is 1. The molecule has 0 spiro atoms. The second-order valence-corrected chi connectivity index (χ2v) is 7.36. The summed E-state index contributed by atoms with van der Waals surface area (Å²) in [4.78, 5) is 11.4. The molecule has 6 heteroatoms. The highest BCUT2D eigenvalue weighted by Crippen LogP contribution is 2.20. The van der Waals surface area contributed by atoms with Gasteiger partial charge in [0.1, 0.15) is 0 Å². The van der Waals surface area contributed by atoms with E-state index in [0.29, 0.717) is 6.42 Å². The number of sulfonamides is 1. The molecular formula is C18H25NO4S. The zero-order chi connectivity index (χ0) is 18.2. The number of esters is 1. The van der Waals surface area contributed by atoms with Crippen molar-refractivity contribution in [2.45, 2.75) is 38.1 Å². The highest BCUT2D eigenvalue weighted by atomic mass is 32.2. The lowest BCUT2D eigenvalue weighted by Crippen LogP contribution is -2.38. The van der Waals surface area contributed by atoms with Crippen molar-refractivity contribution < 1.29 is 17.9 Å². The first-order chi connectivity index (χ1) is 11.3. The van der Waals surface area contributed by atoms with E-state index >= 15 is 0 Å². The first kappa shape index (κ1) is 20.1. The second kappa shape index (κ2) is 9.39. The molecule has 0 N–H and O–H groups in total. The van der Waals surface area contributed by atoms with Gasteiger partial charge in [0.25, 0.3) is 0 Å². The van der Waals surface area contributed by atoms with Gasteiger partial charge in [0.05, 0.1) is 12.0 Å². The lowest BCUT2D eigenvalue weighted by Gasteiger charge is -2.26. The minimum absolute atomic E-state index is 0.265. The SMILES string of the molecule is C/C=C/CN([C@@H](C)C/C=C/C(=O)OC)S(=O)(=O)c1ccc(C)cc1. The van der Waals surface area contributed by atoms with Crippen LogP contribution < -0.4 is 0 Å². The van der Waals surface area contributed by atoms with E-state index in [9.17, 15) is 13.2 Å². The fourth-order valence-corrected chi connectivity index (χ4v) is 3.71. The average Bonchev–Trinajstić information content (AvgIpc) is 2.55. The van der Waals surface area contributed by atoms with Crippen molar-refractivity contribution in [3.63, 3.8) is 0 Å². The van der Waals surface area contributed by atoms with E-state index in [-0.39, 0.29) is 17.5 Å². The Labute approximate surface area is 144 Å². The van der Waals surface area contributed by atoms with Crippen LogP contribution in [0.3, 0.4) is 0 Å². The number of ether oxygens (including phenoxy) is 1. The van der Waals surface area contributed by atoms with Gasteiger partial charge >= 0.3 is 5.97 Å². The molecule has 0 aliphatic rings. The molecule has 0 aromatic heterocycles. The molecule has 0 aliphatic carbocycles. The van der Waals surface area contributed by atoms with Crippen molar-refractivity contribution in [1.29, 1.82) is 0 Å². The van der Waals surface area contributed by atoms with E-state index < -0.39 is 16.0 Å². The summed E-state index contributed by atoms with van der Waals surface area (Å²) in [6.45, 7) is 5.85. The summed E-state index contributed by atoms with van der Waals surface area (Å²) < 4.78 is 31.8. The topological polar surface area (TPSA) is 63.7 Å². The molecule has 0 saturated heterocycles. The van der Waals surface area contributed by atoms with Gasteiger partial charge in [0, 0.05) is 18.7 Å². The van der Waals surface area contributed by atoms with Crippen LogP contribution in [-0.2, 0) is 19.6 Å². The molecule has 0 heterocycles. The van der Waals surface area contributed by atoms with Crippen molar-refractivity contribution in [3.05, 3.63) is 54.1 Å². The molecule has 1 aromatic rings. The van der Waals surface area contributed by atoms with Crippen molar-refractivity contribution in [1.82, 2.24) is 4.31 Å². The van der Waals surface area contributed by atoms with Crippen LogP contribution >= 0.6 is 0 Å². The maximum absolute atomic E-state index is 12.9. The Morgan fingerprint density at radius 2 is 1.88 bits per heavy atom. The number of aryl methyl sites for hydroxylation is 1. The van der Waals surface area contributed by atoms with Crippen LogP contribution in [0.4, 0.5) is 0 Å². The third-order valence-corrected chi connectivity index (χ3v) is 5.57. The minimum atomic E-state index is -3.61. The van der Waals surface area contributed by atoms with Gasteiger partial charge in [-0.1, -0.05) is 35.9 Å². The zero-order valence-electron chi connectivity index (χ0n) is 14.6. The number of carbonyl (C=O) groups is 1. The van der Waals surface area contributed by atoms with Crippen LogP contribution in [0.5, 0.6) is 0 Å². The minimum Gasteiger partial charge on any atom is -0.466 e. The Kier molecular flexibility index (Phi) is 7.88. The fraction of sp³-hybridized carbons (Fsp3) is 0.389. The van der Waals surface area contributed by atoms with Crippen LogP contribution in [-0.4, -0.2) is 38.4 Å². The van der Waals surface area contributed by atoms with E-state index in [1.165, 1.54) is 17.5 Å². The van der Waals surface area contributed by atoms with Crippen molar-refractivity contribution in [3.8, 4) is 0 Å². The molecule has 0 aliphatic heterocycles. The summed E-state index contributed by atoms with van der Waals surface area (Å²) in [5.74, 6) is -0.455. The molecule has 1 aromatic carbocycles. The van der Waals surface area contributed by atoms with Gasteiger partial charge in [-0.3, -0.25) is 0 Å². The standard InChI is InChI=1S/C18H25NO4S/c1-5-6-14-19(16(3)8-7-9-18(20)23-4)24(21,22)17-12-10-15(2)11-13-17/h5-7,9-13,16H,8,14H2,1-4H3/b6-5+,9-7+/t16-/m0/s1. The maximum Gasteiger partial charge on any atom is 0.330 e. The van der Waals surface area contributed by atoms with Gasteiger partial charge in [0.15, 0.2) is 0 Å². The molecule has 0 fully saturated rings. The molecule has 132 valence electrons. The first-order valence-electron chi connectivity index (χ1n) is 7.77. The number of hydrogen-bond donors (Lipinski definition) is 0. The lowest BCUT2D eigenvalue weighted by molar-refractivity contribution is -0.134. The molecular weight excluding hydrogens is 326 g/mol. The normalized spacial score (nSPS) is 13.7. The van der Waals surface area contributed by atoms with Crippen LogP contribution in [0.15, 0.2) is 53.5 Å². The molecule has 0 bridgehead atoms. The summed E-state index contributed by atoms with van der Waals surface area (Å²) >= 11 is 0. The predicted octanol–water partition coefficient (Wildman–Crippen LogP) is 3.07. The maximum atomic E-state index is 12.9. The number of rotatable bonds is 8. The number of carbonyl (C=O) groups excluding carboxylic acids is 1. The molecule has 1 rings (SSSR count). The second-order valence-electron chi connectivity index (χ2n) is 5.47. The molecule has 0 radical (unpaired) electrons. The third-order valence-electron chi connectivity index (χ3n) is 3.57. The van der Waals surface area contributed by atoms with Gasteiger partial charge in [-0.2, -0.15) is 4.31 Å². The molecule has 24 heavy (non-hydrogen) atoms. The highest BCUT2D eigenvalue weighted by molar-refractivity contribution is 7.89. The third kappa shape index (κ3) is 5.62. The molecule has 1 atom stereocenters. The fourth-order valence-electron chi connectivity index (χ4n) is 2.12. The Morgan fingerprint density at radius 3 is 2.42 bits per heavy atom. The van der Waals surface area contributed by atoms with E-state index in [4.69, 9.17) is 0 Å². The van der Waals surface area contributed by atoms with Gasteiger partial charge < -0.3 is 4.74 Å². The number of methoxy groups -OCH3 is 1. The van der Waals surface area contributed by atoms with E-state index in [1.54, 1.807) is 36.4 Å². The van der Waals surface area contributed by atoms with Crippen LogP contribution in [0.2, 0.25) is 0 Å². The van der Waals surface area contributed by atoms with Crippen LogP contribution in [0, 0.1) is 6.92 Å². The van der Waals surface area contributed by atoms with Crippen molar-refractivity contribution in [2.75, 3.05) is 13.7 Å². The quantitative estimate of drug-likeness (QED) is 0.410. The summed E-state index contributed by atoms with van der Waals surface area (Å²) in [6, 6.07) is 6.49. The van der Waals surface area contributed by atoms with Crippen LogP contribution in [0.25, 0.3) is 0 Å². The Morgan fingerprint density at radius 1 is 1.25 bits per heavy atom. The zero-order valence-corrected chi connectivity index (χ0v) is 15.4. The summed E-state index contributed by atoms with van der Waals surface area (Å²) in [7, 11) is -2.31. The summed E-state index contributed by atoms with van der Waals surface area (Å²) in [5, 5.41) is 0. The van der Waals surface area contributed by atoms with E-state index in [0.717, 1.165) is 5.56 Å². The molecule has 0 saturated carbocycles. The number of allylic oxidation sites excluding steroid dienone is 1. The lowest BCUT2D eigenvalue weighted by atomic mass is 10.2. The molecule has 0 unspecified atom stereocenters. The largest absolute Gasteiger partial charge is 0.466 e. The molecule has 0 amide bonds. The predicted molar refractivity (Wildman–Crippen MR) is 95.1 cm³/mol. The monoisotopic (exact) mass is 351 g/mol. The van der Waals surface area contributed by atoms with Crippen molar-refractivity contribution >= 4 is 16.0 Å². The Bertz CT molecular complexity index is 690. The smallest absolute Gasteiger partial charge is 0.330 e. The van der Waals surface area contributed by atoms with Gasteiger partial charge in [-0.15, -0.1) is 0 Å². The number of nitrogens with zero attached hydrogens (tertiary/aromatic N) is 1. The summed E-state index contributed by atoms with van der Waals surface area (Å²) in [6.07, 6.45) is 6.96. The Hall–Kier alpha value is -1.92. The van der Waals surface area contributed by atoms with E-state index in [2.05, 4.69) is 4.74 Å². The van der Waals surface area contributed by atoms with Crippen molar-refractivity contribution in [2.24, 2.45) is 0 Å². The highest BCUT2D eigenvalue weighted by Gasteiger charge is 2.27. The van der Waals surface area contributed by atoms with Gasteiger partial charge in [0.2, 0.25) is 10.0 Å². The number of hydrogen-bond acceptors (Lipinski definition) is 4. The van der Waals surface area contributed by atoms with E-state index in [1.807, 2.05) is 26.8 Å².